The van der Waals surface area contributed by atoms with Crippen LogP contribution in [0.4, 0.5) is 0 Å². The van der Waals surface area contributed by atoms with E-state index in [1.54, 1.807) is 0 Å². The van der Waals surface area contributed by atoms with Crippen molar-refractivity contribution in [2.24, 2.45) is 0 Å². The largest absolute Gasteiger partial charge is 0.389 e. The first-order valence-corrected chi connectivity index (χ1v) is 3.52. The van der Waals surface area contributed by atoms with Crippen LogP contribution in [0.5, 0.6) is 0 Å². The molecule has 1 aliphatic rings. The Morgan fingerprint density at radius 1 is 1.40 bits per heavy atom. The molecule has 2 atom stereocenters. The van der Waals surface area contributed by atoms with Crippen molar-refractivity contribution >= 4 is 12.8 Å². The second-order valence-electron chi connectivity index (χ2n) is 2.16. The van der Waals surface area contributed by atoms with E-state index in [9.17, 15) is 5.11 Å². The van der Waals surface area contributed by atoms with Crippen molar-refractivity contribution in [3.05, 3.63) is 0 Å². The molecule has 0 aromatic carbocycles. The highest BCUT2D eigenvalue weighted by atomic mass is 32.1. The van der Waals surface area contributed by atoms with Gasteiger partial charge in [-0.25, -0.2) is 0 Å². The zero-order chi connectivity index (χ0) is 7.40. The second kappa shape index (κ2) is 4.15. The Labute approximate surface area is 65.1 Å². The number of ether oxygens (including phenoxy) is 2. The molecule has 0 aromatic heterocycles. The summed E-state index contributed by atoms with van der Waals surface area (Å²) in [4.78, 5) is 0. The maximum absolute atomic E-state index is 9.23. The van der Waals surface area contributed by atoms with Crippen LogP contribution in [-0.2, 0) is 9.47 Å². The lowest BCUT2D eigenvalue weighted by molar-refractivity contribution is -0.0421. The first-order valence-electron chi connectivity index (χ1n) is 3.08. The number of hydrogen-bond donors (Lipinski definition) is 3. The third-order valence-electron chi connectivity index (χ3n) is 1.38. The Bertz CT molecular complexity index is 103. The van der Waals surface area contributed by atoms with Gasteiger partial charge in [0, 0.05) is 0 Å². The summed E-state index contributed by atoms with van der Waals surface area (Å²) >= 11 is 3.83. The fourth-order valence-corrected chi connectivity index (χ4v) is 1.00. The van der Waals surface area contributed by atoms with E-state index in [0.717, 1.165) is 0 Å². The Morgan fingerprint density at radius 2 is 2.10 bits per heavy atom. The van der Waals surface area contributed by atoms with Gasteiger partial charge in [-0.15, -0.1) is 0 Å². The van der Waals surface area contributed by atoms with Gasteiger partial charge >= 0.3 is 0 Å². The highest BCUT2D eigenvalue weighted by Crippen LogP contribution is 2.01. The molecule has 0 radical (unpaired) electrons. The van der Waals surface area contributed by atoms with E-state index in [1.807, 2.05) is 0 Å². The molecule has 0 aromatic rings. The molecule has 10 heavy (non-hydrogen) atoms. The van der Waals surface area contributed by atoms with Gasteiger partial charge in [0.25, 0.3) is 0 Å². The summed E-state index contributed by atoms with van der Waals surface area (Å²) in [5.41, 5.74) is 0. The summed E-state index contributed by atoms with van der Waals surface area (Å²) in [7, 11) is 0. The van der Waals surface area contributed by atoms with Crippen LogP contribution in [-0.4, -0.2) is 37.3 Å². The van der Waals surface area contributed by atoms with Crippen molar-refractivity contribution in [2.45, 2.75) is 12.1 Å². The molecule has 0 bridgehead atoms. The summed E-state index contributed by atoms with van der Waals surface area (Å²) in [5, 5.41) is 9.23. The molecule has 4 nitrogen and oxygen atoms in total. The number of aliphatic hydroxyl groups excluding tert-OH is 1. The number of thiol groups is 1. The van der Waals surface area contributed by atoms with Gasteiger partial charge in [-0.2, -0.15) is 0 Å². The molecule has 1 fully saturated rings. The highest BCUT2D eigenvalue weighted by molar-refractivity contribution is 7.78. The van der Waals surface area contributed by atoms with Gasteiger partial charge in [0.1, 0.15) is 6.79 Å². The van der Waals surface area contributed by atoms with Crippen molar-refractivity contribution in [1.29, 1.82) is 0 Å². The molecule has 5 heteroatoms. The summed E-state index contributed by atoms with van der Waals surface area (Å²) < 4.78 is 12.5. The maximum atomic E-state index is 9.23. The van der Waals surface area contributed by atoms with Gasteiger partial charge in [0.15, 0.2) is 0 Å². The van der Waals surface area contributed by atoms with E-state index in [1.165, 1.54) is 0 Å². The summed E-state index contributed by atoms with van der Waals surface area (Å²) in [5.74, 6) is 0. The smallest absolute Gasteiger partial charge is 0.146 e. The third-order valence-corrected chi connectivity index (χ3v) is 1.71. The van der Waals surface area contributed by atoms with Crippen LogP contribution < -0.4 is 4.72 Å². The molecule has 0 saturated carbocycles. The quantitative estimate of drug-likeness (QED) is 0.443. The van der Waals surface area contributed by atoms with Gasteiger partial charge in [0.05, 0.1) is 25.4 Å². The fraction of sp³-hybridized carbons (Fsp3) is 1.00. The van der Waals surface area contributed by atoms with Crippen LogP contribution >= 0.6 is 12.8 Å². The predicted octanol–water partition coefficient (Wildman–Crippen LogP) is -0.845. The monoisotopic (exact) mass is 165 g/mol. The van der Waals surface area contributed by atoms with Crippen molar-refractivity contribution in [3.8, 4) is 0 Å². The van der Waals surface area contributed by atoms with E-state index >= 15 is 0 Å². The number of nitrogens with one attached hydrogen (secondary N) is 1. The van der Waals surface area contributed by atoms with E-state index in [0.29, 0.717) is 13.2 Å². The topological polar surface area (TPSA) is 50.7 Å². The SMILES string of the molecule is OC1COCOCC1NS. The minimum atomic E-state index is -0.528. The highest BCUT2D eigenvalue weighted by Gasteiger charge is 2.20. The van der Waals surface area contributed by atoms with Crippen LogP contribution in [0.1, 0.15) is 0 Å². The minimum absolute atomic E-state index is 0.133. The molecule has 2 N–H and O–H groups in total. The molecule has 0 aliphatic carbocycles. The summed E-state index contributed by atoms with van der Waals surface area (Å²) in [6.45, 7) is 0.992. The summed E-state index contributed by atoms with van der Waals surface area (Å²) in [6, 6.07) is -0.133. The summed E-state index contributed by atoms with van der Waals surface area (Å²) in [6.07, 6.45) is -0.528. The van der Waals surface area contributed by atoms with E-state index in [4.69, 9.17) is 9.47 Å². The Balaban J connectivity index is 2.35. The van der Waals surface area contributed by atoms with Crippen LogP contribution in [0.2, 0.25) is 0 Å². The molecule has 1 heterocycles. The number of hydrogen-bond acceptors (Lipinski definition) is 5. The normalized spacial score (nSPS) is 35.4. The molecule has 0 spiro atoms. The molecular weight excluding hydrogens is 154 g/mol. The molecule has 0 amide bonds. The van der Waals surface area contributed by atoms with Gasteiger partial charge in [-0.05, 0) is 0 Å². The number of rotatable bonds is 1. The van der Waals surface area contributed by atoms with Crippen molar-refractivity contribution in [1.82, 2.24) is 4.72 Å². The molecule has 2 unspecified atom stereocenters. The molecule has 1 saturated heterocycles. The first kappa shape index (κ1) is 8.29. The van der Waals surface area contributed by atoms with Crippen LogP contribution in [0.3, 0.4) is 0 Å². The Kier molecular flexibility index (Phi) is 3.44. The lowest BCUT2D eigenvalue weighted by atomic mass is 10.2. The van der Waals surface area contributed by atoms with Crippen LogP contribution in [0, 0.1) is 0 Å². The zero-order valence-corrected chi connectivity index (χ0v) is 6.38. The van der Waals surface area contributed by atoms with E-state index in [2.05, 4.69) is 17.5 Å². The average molecular weight is 165 g/mol. The molecule has 1 aliphatic heterocycles. The Morgan fingerprint density at radius 3 is 2.80 bits per heavy atom. The average Bonchev–Trinajstić information content (AvgIpc) is 2.13. The van der Waals surface area contributed by atoms with Crippen LogP contribution in [0.25, 0.3) is 0 Å². The van der Waals surface area contributed by atoms with E-state index < -0.39 is 6.10 Å². The third kappa shape index (κ3) is 2.10. The second-order valence-corrected chi connectivity index (χ2v) is 2.42. The Hall–Kier alpha value is 0.190. The van der Waals surface area contributed by atoms with Gasteiger partial charge in [-0.3, -0.25) is 4.72 Å². The first-order chi connectivity index (χ1) is 4.84. The van der Waals surface area contributed by atoms with Crippen molar-refractivity contribution < 1.29 is 14.6 Å². The lowest BCUT2D eigenvalue weighted by Crippen LogP contribution is -2.39. The van der Waals surface area contributed by atoms with Crippen LogP contribution in [0.15, 0.2) is 0 Å². The molecule has 1 rings (SSSR count). The molecular formula is C5H11NO3S. The standard InChI is InChI=1S/C5H11NO3S/c7-5-2-9-3-8-1-4(5)6-10/h4-7,10H,1-3H2. The van der Waals surface area contributed by atoms with Gasteiger partial charge in [-0.1, -0.05) is 12.8 Å². The van der Waals surface area contributed by atoms with Gasteiger partial charge < -0.3 is 14.6 Å². The maximum Gasteiger partial charge on any atom is 0.146 e. The zero-order valence-electron chi connectivity index (χ0n) is 5.49. The van der Waals surface area contributed by atoms with Crippen molar-refractivity contribution in [3.63, 3.8) is 0 Å². The lowest BCUT2D eigenvalue weighted by Gasteiger charge is -2.16. The predicted molar refractivity (Wildman–Crippen MR) is 38.7 cm³/mol. The number of aliphatic hydroxyl groups is 1. The van der Waals surface area contributed by atoms with E-state index in [-0.39, 0.29) is 12.8 Å². The molecule has 60 valence electrons. The fourth-order valence-electron chi connectivity index (χ4n) is 0.753. The van der Waals surface area contributed by atoms with Crippen molar-refractivity contribution in [2.75, 3.05) is 20.0 Å². The minimum Gasteiger partial charge on any atom is -0.389 e. The van der Waals surface area contributed by atoms with Gasteiger partial charge in [0.2, 0.25) is 0 Å².